The number of hydrogen-bond acceptors (Lipinski definition) is 5. The smallest absolute Gasteiger partial charge is 0.287 e. The zero-order chi connectivity index (χ0) is 15.4. The van der Waals surface area contributed by atoms with Gasteiger partial charge in [0.25, 0.3) is 5.69 Å². The minimum atomic E-state index is -0.489. The number of nitrogens with one attached hydrogen (secondary N) is 1. The molecule has 0 saturated heterocycles. The number of pyridine rings is 1. The van der Waals surface area contributed by atoms with E-state index in [1.807, 2.05) is 0 Å². The summed E-state index contributed by atoms with van der Waals surface area (Å²) in [5.41, 5.74) is 6.42. The molecule has 21 heavy (non-hydrogen) atoms. The van der Waals surface area contributed by atoms with Crippen molar-refractivity contribution in [1.29, 1.82) is 5.41 Å². The summed E-state index contributed by atoms with van der Waals surface area (Å²) in [7, 11) is 0. The van der Waals surface area contributed by atoms with Crippen molar-refractivity contribution in [2.75, 3.05) is 0 Å². The summed E-state index contributed by atoms with van der Waals surface area (Å²) >= 11 is 3.16. The molecule has 0 aliphatic heterocycles. The molecular formula is C13H11BrN4O3. The van der Waals surface area contributed by atoms with Gasteiger partial charge >= 0.3 is 0 Å². The van der Waals surface area contributed by atoms with E-state index in [9.17, 15) is 10.1 Å². The van der Waals surface area contributed by atoms with Crippen molar-refractivity contribution < 1.29 is 9.66 Å². The lowest BCUT2D eigenvalue weighted by Gasteiger charge is -2.09. The van der Waals surface area contributed by atoms with Crippen molar-refractivity contribution in [2.24, 2.45) is 5.73 Å². The van der Waals surface area contributed by atoms with E-state index in [-0.39, 0.29) is 22.6 Å². The van der Waals surface area contributed by atoms with Crippen LogP contribution in [0.3, 0.4) is 0 Å². The van der Waals surface area contributed by atoms with E-state index in [2.05, 4.69) is 20.9 Å². The van der Waals surface area contributed by atoms with Crippen molar-refractivity contribution in [1.82, 2.24) is 4.98 Å². The quantitative estimate of drug-likeness (QED) is 0.372. The second-order valence-corrected chi connectivity index (χ2v) is 4.89. The third-order valence-electron chi connectivity index (χ3n) is 2.63. The van der Waals surface area contributed by atoms with Crippen LogP contribution in [0.5, 0.6) is 5.75 Å². The molecule has 0 atom stereocenters. The minimum Gasteiger partial charge on any atom is -0.487 e. The van der Waals surface area contributed by atoms with E-state index >= 15 is 0 Å². The Bertz CT molecular complexity index is 706. The van der Waals surface area contributed by atoms with Gasteiger partial charge in [0.05, 0.1) is 4.92 Å². The fraction of sp³-hybridized carbons (Fsp3) is 0.0769. The zero-order valence-electron chi connectivity index (χ0n) is 10.7. The first-order chi connectivity index (χ1) is 9.99. The lowest BCUT2D eigenvalue weighted by molar-refractivity contribution is -0.385. The van der Waals surface area contributed by atoms with Crippen LogP contribution >= 0.6 is 15.9 Å². The number of hydrogen-bond donors (Lipinski definition) is 2. The van der Waals surface area contributed by atoms with Crippen molar-refractivity contribution >= 4 is 27.5 Å². The molecule has 0 saturated carbocycles. The maximum Gasteiger partial charge on any atom is 0.287 e. The highest BCUT2D eigenvalue weighted by atomic mass is 79.9. The Kier molecular flexibility index (Phi) is 4.49. The lowest BCUT2D eigenvalue weighted by Crippen LogP contribution is -2.13. The maximum absolute atomic E-state index is 10.8. The first-order valence-electron chi connectivity index (χ1n) is 5.84. The first-order valence-corrected chi connectivity index (χ1v) is 6.63. The van der Waals surface area contributed by atoms with Crippen LogP contribution in [0, 0.1) is 15.5 Å². The Morgan fingerprint density at radius 2 is 2.24 bits per heavy atom. The number of ether oxygens (including phenoxy) is 1. The van der Waals surface area contributed by atoms with Crippen molar-refractivity contribution in [3.05, 3.63) is 62.4 Å². The largest absolute Gasteiger partial charge is 0.487 e. The summed E-state index contributed by atoms with van der Waals surface area (Å²) in [6.45, 7) is 0.183. The number of nitro groups is 1. The number of rotatable bonds is 5. The summed E-state index contributed by atoms with van der Waals surface area (Å²) in [4.78, 5) is 14.3. The highest BCUT2D eigenvalue weighted by molar-refractivity contribution is 9.10. The average molecular weight is 351 g/mol. The summed E-state index contributed by atoms with van der Waals surface area (Å²) in [5, 5.41) is 18.2. The molecule has 7 nitrogen and oxygen atoms in total. The summed E-state index contributed by atoms with van der Waals surface area (Å²) < 4.78 is 5.85. The molecule has 0 bridgehead atoms. The highest BCUT2D eigenvalue weighted by Gasteiger charge is 2.15. The number of nitrogens with two attached hydrogens (primary N) is 1. The van der Waals surface area contributed by atoms with Crippen LogP contribution in [0.1, 0.15) is 11.3 Å². The van der Waals surface area contributed by atoms with Crippen LogP contribution < -0.4 is 10.5 Å². The number of halogens is 1. The number of nitro benzene ring substituents is 1. The van der Waals surface area contributed by atoms with Gasteiger partial charge in [-0.1, -0.05) is 6.07 Å². The highest BCUT2D eigenvalue weighted by Crippen LogP contribution is 2.34. The molecule has 0 unspecified atom stereocenters. The van der Waals surface area contributed by atoms with Gasteiger partial charge in [0.15, 0.2) is 0 Å². The Morgan fingerprint density at radius 3 is 2.90 bits per heavy atom. The molecule has 0 radical (unpaired) electrons. The Labute approximate surface area is 128 Å². The van der Waals surface area contributed by atoms with E-state index in [0.29, 0.717) is 11.4 Å². The van der Waals surface area contributed by atoms with E-state index in [4.69, 9.17) is 15.9 Å². The molecule has 2 aromatic rings. The molecule has 0 amide bonds. The molecule has 0 aliphatic carbocycles. The second-order valence-electron chi connectivity index (χ2n) is 4.10. The van der Waals surface area contributed by atoms with E-state index in [1.54, 1.807) is 24.3 Å². The number of amidine groups is 1. The van der Waals surface area contributed by atoms with Crippen LogP contribution in [0.25, 0.3) is 0 Å². The molecular weight excluding hydrogens is 340 g/mol. The number of benzene rings is 1. The SMILES string of the molecule is N=C(N)c1cc(COc2cccc([N+](=O)[O-])c2Br)ccn1. The lowest BCUT2D eigenvalue weighted by atomic mass is 10.2. The zero-order valence-corrected chi connectivity index (χ0v) is 12.3. The van der Waals surface area contributed by atoms with Gasteiger partial charge in [0.2, 0.25) is 0 Å². The molecule has 1 aromatic carbocycles. The van der Waals surface area contributed by atoms with E-state index in [1.165, 1.54) is 12.3 Å². The van der Waals surface area contributed by atoms with Crippen LogP contribution in [0.4, 0.5) is 5.69 Å². The van der Waals surface area contributed by atoms with Crippen LogP contribution in [-0.4, -0.2) is 15.7 Å². The van der Waals surface area contributed by atoms with Gasteiger partial charge in [0, 0.05) is 12.3 Å². The van der Waals surface area contributed by atoms with Crippen molar-refractivity contribution in [2.45, 2.75) is 6.61 Å². The monoisotopic (exact) mass is 350 g/mol. The first kappa shape index (κ1) is 14.9. The van der Waals surface area contributed by atoms with Gasteiger partial charge in [-0.05, 0) is 39.7 Å². The fourth-order valence-corrected chi connectivity index (χ4v) is 2.15. The Hall–Kier alpha value is -2.48. The summed E-state index contributed by atoms with van der Waals surface area (Å²) in [6.07, 6.45) is 1.53. The predicted molar refractivity (Wildman–Crippen MR) is 80.4 cm³/mol. The molecule has 0 aliphatic rings. The Balaban J connectivity index is 2.17. The number of aromatic nitrogens is 1. The van der Waals surface area contributed by atoms with Crippen LogP contribution in [-0.2, 0) is 6.61 Å². The summed E-state index contributed by atoms with van der Waals surface area (Å²) in [5.74, 6) is 0.235. The number of nitrogen functional groups attached to an aromatic ring is 1. The average Bonchev–Trinajstić information content (AvgIpc) is 2.46. The van der Waals surface area contributed by atoms with Gasteiger partial charge < -0.3 is 10.5 Å². The van der Waals surface area contributed by atoms with Crippen LogP contribution in [0.2, 0.25) is 0 Å². The third kappa shape index (κ3) is 3.54. The number of nitrogens with zero attached hydrogens (tertiary/aromatic N) is 2. The van der Waals surface area contributed by atoms with Crippen LogP contribution in [0.15, 0.2) is 41.0 Å². The maximum atomic E-state index is 10.8. The molecule has 3 N–H and O–H groups in total. The molecule has 8 heteroatoms. The van der Waals surface area contributed by atoms with Gasteiger partial charge in [-0.3, -0.25) is 20.5 Å². The third-order valence-corrected chi connectivity index (χ3v) is 3.43. The van der Waals surface area contributed by atoms with Crippen molar-refractivity contribution in [3.8, 4) is 5.75 Å². The molecule has 1 heterocycles. The van der Waals surface area contributed by atoms with Gasteiger partial charge in [-0.25, -0.2) is 0 Å². The van der Waals surface area contributed by atoms with Gasteiger partial charge in [0.1, 0.15) is 28.4 Å². The molecule has 0 fully saturated rings. The molecule has 1 aromatic heterocycles. The van der Waals surface area contributed by atoms with Gasteiger partial charge in [-0.15, -0.1) is 0 Å². The molecule has 108 valence electrons. The Morgan fingerprint density at radius 1 is 1.48 bits per heavy atom. The van der Waals surface area contributed by atoms with E-state index in [0.717, 1.165) is 5.56 Å². The predicted octanol–water partition coefficient (Wildman–Crippen LogP) is 2.62. The van der Waals surface area contributed by atoms with E-state index < -0.39 is 4.92 Å². The normalized spacial score (nSPS) is 10.1. The molecule has 2 rings (SSSR count). The summed E-state index contributed by atoms with van der Waals surface area (Å²) in [6, 6.07) is 7.92. The van der Waals surface area contributed by atoms with Crippen molar-refractivity contribution in [3.63, 3.8) is 0 Å². The fourth-order valence-electron chi connectivity index (χ4n) is 1.62. The molecule has 0 spiro atoms. The standard InChI is InChI=1S/C13H11BrN4O3/c14-12-10(18(19)20)2-1-3-11(12)21-7-8-4-5-17-9(6-8)13(15)16/h1-6H,7H2,(H3,15,16). The topological polar surface area (TPSA) is 115 Å². The second kappa shape index (κ2) is 6.31. The minimum absolute atomic E-state index is 0.0633. The van der Waals surface area contributed by atoms with Gasteiger partial charge in [-0.2, -0.15) is 0 Å².